The Balaban J connectivity index is 1.99. The fourth-order valence-electron chi connectivity index (χ4n) is 2.21. The normalized spacial score (nSPS) is 17.1. The van der Waals surface area contributed by atoms with Crippen LogP contribution in [0.3, 0.4) is 0 Å². The van der Waals surface area contributed by atoms with Crippen molar-refractivity contribution in [2.24, 2.45) is 0 Å². The topological polar surface area (TPSA) is 73.9 Å². The molecule has 6 nitrogen and oxygen atoms in total. The molecule has 1 atom stereocenters. The fraction of sp³-hybridized carbons (Fsp3) is 0.467. The highest BCUT2D eigenvalue weighted by molar-refractivity contribution is 6.34. The van der Waals surface area contributed by atoms with Crippen LogP contribution in [-0.4, -0.2) is 44.9 Å². The van der Waals surface area contributed by atoms with E-state index in [4.69, 9.17) is 21.1 Å². The van der Waals surface area contributed by atoms with Crippen LogP contribution in [0.2, 0.25) is 5.02 Å². The van der Waals surface area contributed by atoms with Gasteiger partial charge in [-0.1, -0.05) is 11.6 Å². The third-order valence-corrected chi connectivity index (χ3v) is 3.63. The molecule has 0 spiro atoms. The number of methoxy groups -OCH3 is 1. The third-order valence-electron chi connectivity index (χ3n) is 3.32. The lowest BCUT2D eigenvalue weighted by Gasteiger charge is -2.13. The molecule has 1 unspecified atom stereocenters. The number of rotatable bonds is 6. The predicted molar refractivity (Wildman–Crippen MR) is 81.2 cm³/mol. The molecule has 0 aromatic heterocycles. The second-order valence-electron chi connectivity index (χ2n) is 4.97. The van der Waals surface area contributed by atoms with Gasteiger partial charge >= 0.3 is 5.97 Å². The second-order valence-corrected chi connectivity index (χ2v) is 5.38. The van der Waals surface area contributed by atoms with E-state index < -0.39 is 23.3 Å². The van der Waals surface area contributed by atoms with Crippen molar-refractivity contribution in [2.75, 3.05) is 32.2 Å². The third kappa shape index (κ3) is 4.63. The lowest BCUT2D eigenvalue weighted by Crippen LogP contribution is -2.24. The Morgan fingerprint density at radius 2 is 2.26 bits per heavy atom. The lowest BCUT2D eigenvalue weighted by molar-refractivity contribution is -0.121. The fourth-order valence-corrected chi connectivity index (χ4v) is 2.41. The highest BCUT2D eigenvalue weighted by Crippen LogP contribution is 2.29. The summed E-state index contributed by atoms with van der Waals surface area (Å²) in [7, 11) is 1.11. The molecule has 1 aromatic carbocycles. The summed E-state index contributed by atoms with van der Waals surface area (Å²) in [5.74, 6) is -2.32. The van der Waals surface area contributed by atoms with Crippen LogP contribution in [0, 0.1) is 5.82 Å². The molecule has 1 N–H and O–H groups in total. The lowest BCUT2D eigenvalue weighted by atomic mass is 10.1. The number of carbonyl (C=O) groups is 2. The van der Waals surface area contributed by atoms with Crippen molar-refractivity contribution in [3.05, 3.63) is 28.5 Å². The van der Waals surface area contributed by atoms with E-state index in [0.29, 0.717) is 13.2 Å². The maximum Gasteiger partial charge on any atom is 0.343 e. The monoisotopic (exact) mass is 345 g/mol. The first kappa shape index (κ1) is 17.7. The molecule has 1 aliphatic heterocycles. The molecule has 1 saturated heterocycles. The standard InChI is InChI=1S/C15H17ClFNO5/c1-21-15(20)13-11(17)5-4-10(16)14(13)18-12(19)8-22-7-9-3-2-6-23-9/h4-5,9H,2-3,6-8H2,1H3,(H,18,19). The van der Waals surface area contributed by atoms with Crippen LogP contribution in [0.25, 0.3) is 0 Å². The van der Waals surface area contributed by atoms with Gasteiger partial charge in [0.15, 0.2) is 0 Å². The van der Waals surface area contributed by atoms with Crippen LogP contribution >= 0.6 is 11.6 Å². The van der Waals surface area contributed by atoms with Gasteiger partial charge in [0.25, 0.3) is 0 Å². The molecular formula is C15H17ClFNO5. The Morgan fingerprint density at radius 1 is 1.48 bits per heavy atom. The van der Waals surface area contributed by atoms with Crippen LogP contribution in [0.4, 0.5) is 10.1 Å². The number of benzene rings is 1. The summed E-state index contributed by atoms with van der Waals surface area (Å²) in [6, 6.07) is 2.27. The van der Waals surface area contributed by atoms with Gasteiger partial charge in [0.1, 0.15) is 18.0 Å². The van der Waals surface area contributed by atoms with Gasteiger partial charge in [-0.15, -0.1) is 0 Å². The van der Waals surface area contributed by atoms with Crippen molar-refractivity contribution in [1.29, 1.82) is 0 Å². The van der Waals surface area contributed by atoms with Gasteiger partial charge in [-0.2, -0.15) is 0 Å². The SMILES string of the molecule is COC(=O)c1c(F)ccc(Cl)c1NC(=O)COCC1CCCO1. The minimum atomic E-state index is -0.930. The van der Waals surface area contributed by atoms with Crippen LogP contribution in [-0.2, 0) is 19.0 Å². The minimum Gasteiger partial charge on any atom is -0.465 e. The highest BCUT2D eigenvalue weighted by atomic mass is 35.5. The van der Waals surface area contributed by atoms with E-state index in [1.807, 2.05) is 0 Å². The summed E-state index contributed by atoms with van der Waals surface area (Å²) in [6.07, 6.45) is 1.86. The summed E-state index contributed by atoms with van der Waals surface area (Å²) < 4.78 is 28.9. The van der Waals surface area contributed by atoms with Crippen molar-refractivity contribution >= 4 is 29.2 Å². The Hall–Kier alpha value is -1.70. The molecule has 1 amide bonds. The molecule has 0 saturated carbocycles. The summed E-state index contributed by atoms with van der Waals surface area (Å²) >= 11 is 5.93. The maximum atomic E-state index is 13.8. The average molecular weight is 346 g/mol. The van der Waals surface area contributed by atoms with Crippen LogP contribution in [0.5, 0.6) is 0 Å². The Bertz CT molecular complexity index is 589. The van der Waals surface area contributed by atoms with Crippen LogP contribution in [0.15, 0.2) is 12.1 Å². The molecule has 126 valence electrons. The van der Waals surface area contributed by atoms with E-state index in [-0.39, 0.29) is 23.4 Å². The molecule has 8 heteroatoms. The number of halogens is 2. The summed E-state index contributed by atoms with van der Waals surface area (Å²) in [4.78, 5) is 23.6. The molecule has 2 rings (SSSR count). The summed E-state index contributed by atoms with van der Waals surface area (Å²) in [5.41, 5.74) is -0.559. The molecule has 0 aliphatic carbocycles. The van der Waals surface area contributed by atoms with E-state index in [0.717, 1.165) is 26.0 Å². The number of amides is 1. The predicted octanol–water partition coefficient (Wildman–Crippen LogP) is 2.40. The van der Waals surface area contributed by atoms with Gasteiger partial charge in [-0.25, -0.2) is 9.18 Å². The smallest absolute Gasteiger partial charge is 0.343 e. The molecule has 1 heterocycles. The first-order valence-electron chi connectivity index (χ1n) is 7.08. The first-order chi connectivity index (χ1) is 11.0. The first-order valence-corrected chi connectivity index (χ1v) is 7.46. The summed E-state index contributed by atoms with van der Waals surface area (Å²) in [6.45, 7) is 0.739. The molecule has 0 bridgehead atoms. The minimum absolute atomic E-state index is 0.00816. The van der Waals surface area contributed by atoms with Crippen molar-refractivity contribution in [3.8, 4) is 0 Å². The Labute approximate surface area is 137 Å². The second kappa shape index (κ2) is 8.24. The van der Waals surface area contributed by atoms with Gasteiger partial charge in [-0.05, 0) is 25.0 Å². The van der Waals surface area contributed by atoms with E-state index >= 15 is 0 Å². The number of hydrogen-bond donors (Lipinski definition) is 1. The quantitative estimate of drug-likeness (QED) is 0.801. The number of carbonyl (C=O) groups excluding carboxylic acids is 2. The van der Waals surface area contributed by atoms with Gasteiger partial charge in [-0.3, -0.25) is 4.79 Å². The Kier molecular flexibility index (Phi) is 6.32. The van der Waals surface area contributed by atoms with Crippen molar-refractivity contribution in [2.45, 2.75) is 18.9 Å². The van der Waals surface area contributed by atoms with Crippen molar-refractivity contribution in [3.63, 3.8) is 0 Å². The number of anilines is 1. The van der Waals surface area contributed by atoms with E-state index in [1.165, 1.54) is 6.07 Å². The molecule has 0 radical (unpaired) electrons. The highest BCUT2D eigenvalue weighted by Gasteiger charge is 2.22. The number of esters is 1. The van der Waals surface area contributed by atoms with Crippen molar-refractivity contribution < 1.29 is 28.2 Å². The zero-order chi connectivity index (χ0) is 16.8. The zero-order valence-corrected chi connectivity index (χ0v) is 13.3. The van der Waals surface area contributed by atoms with Crippen LogP contribution < -0.4 is 5.32 Å². The van der Waals surface area contributed by atoms with Gasteiger partial charge < -0.3 is 19.5 Å². The number of ether oxygens (including phenoxy) is 3. The average Bonchev–Trinajstić information content (AvgIpc) is 3.04. The number of nitrogens with one attached hydrogen (secondary N) is 1. The number of hydrogen-bond acceptors (Lipinski definition) is 5. The molecular weight excluding hydrogens is 329 g/mol. The van der Waals surface area contributed by atoms with Gasteiger partial charge in [0, 0.05) is 6.61 Å². The maximum absolute atomic E-state index is 13.8. The largest absolute Gasteiger partial charge is 0.465 e. The molecule has 1 aromatic rings. The molecule has 1 fully saturated rings. The summed E-state index contributed by atoms with van der Waals surface area (Å²) in [5, 5.41) is 2.41. The van der Waals surface area contributed by atoms with Crippen LogP contribution in [0.1, 0.15) is 23.2 Å². The van der Waals surface area contributed by atoms with Gasteiger partial charge in [0.2, 0.25) is 5.91 Å². The van der Waals surface area contributed by atoms with E-state index in [1.54, 1.807) is 0 Å². The van der Waals surface area contributed by atoms with E-state index in [2.05, 4.69) is 10.1 Å². The van der Waals surface area contributed by atoms with Gasteiger partial charge in [0.05, 0.1) is 30.5 Å². The van der Waals surface area contributed by atoms with Crippen molar-refractivity contribution in [1.82, 2.24) is 0 Å². The Morgan fingerprint density at radius 3 is 2.91 bits per heavy atom. The molecule has 23 heavy (non-hydrogen) atoms. The van der Waals surface area contributed by atoms with E-state index in [9.17, 15) is 14.0 Å². The zero-order valence-electron chi connectivity index (χ0n) is 12.6. The molecule has 1 aliphatic rings.